The van der Waals surface area contributed by atoms with Gasteiger partial charge in [-0.3, -0.25) is 4.52 Å². The van der Waals surface area contributed by atoms with Crippen LogP contribution in [0.3, 0.4) is 0 Å². The summed E-state index contributed by atoms with van der Waals surface area (Å²) < 4.78 is 45.8. The molecule has 3 heterocycles. The van der Waals surface area contributed by atoms with Crippen LogP contribution in [0.2, 0.25) is 0 Å². The summed E-state index contributed by atoms with van der Waals surface area (Å²) in [5, 5.41) is 29.9. The summed E-state index contributed by atoms with van der Waals surface area (Å²) in [7, 11) is -4.64. The second-order valence-electron chi connectivity index (χ2n) is 6.71. The number of aliphatic hydroxyl groups is 3. The van der Waals surface area contributed by atoms with Crippen LogP contribution in [0.25, 0.3) is 11.2 Å². The number of H-pyrrole nitrogens is 1. The van der Waals surface area contributed by atoms with Crippen molar-refractivity contribution in [2.75, 3.05) is 11.9 Å². The molecule has 33 heavy (non-hydrogen) atoms. The van der Waals surface area contributed by atoms with E-state index in [4.69, 9.17) is 25.1 Å². The maximum Gasteiger partial charge on any atom is 0.469 e. The van der Waals surface area contributed by atoms with E-state index in [1.54, 1.807) is 0 Å². The number of anilines is 1. The number of aromatic amines is 1. The van der Waals surface area contributed by atoms with Crippen molar-refractivity contribution in [3.63, 3.8) is 0 Å². The van der Waals surface area contributed by atoms with Crippen molar-refractivity contribution >= 4 is 24.8 Å². The number of halogens is 2. The summed E-state index contributed by atoms with van der Waals surface area (Å²) in [5.41, 5.74) is 1.06. The number of nitrogens with one attached hydrogen (secondary N) is 2. The zero-order valence-electron chi connectivity index (χ0n) is 16.6. The Morgan fingerprint density at radius 3 is 2.42 bits per heavy atom. The second kappa shape index (κ2) is 10.5. The molecule has 1 aliphatic rings. The molecule has 1 aliphatic heterocycles. The molecule has 1 aromatic carbocycles. The van der Waals surface area contributed by atoms with E-state index in [0.717, 1.165) is 0 Å². The molecule has 4 atom stereocenters. The highest BCUT2D eigenvalue weighted by Gasteiger charge is 2.42. The number of hydrogen-bond donors (Lipinski definition) is 7. The first-order chi connectivity index (χ1) is 15.6. The van der Waals surface area contributed by atoms with Crippen LogP contribution in [-0.4, -0.2) is 76.3 Å². The summed E-state index contributed by atoms with van der Waals surface area (Å²) in [6, 6.07) is 3.75. The average Bonchev–Trinajstić information content (AvgIpc) is 3.33. The first-order valence-corrected chi connectivity index (χ1v) is 10.8. The van der Waals surface area contributed by atoms with Crippen molar-refractivity contribution < 1.29 is 47.7 Å². The minimum atomic E-state index is -4.64. The minimum absolute atomic E-state index is 0.0103. The summed E-state index contributed by atoms with van der Waals surface area (Å²) in [5.74, 6) is -0.741. The van der Waals surface area contributed by atoms with Gasteiger partial charge in [0.05, 0.1) is 12.9 Å². The number of aromatic nitrogens is 4. The average molecular weight is 491 g/mol. The maximum absolute atomic E-state index is 13.5. The number of fused-ring (bicyclic) bond motifs is 1. The van der Waals surface area contributed by atoms with Crippen LogP contribution >= 0.6 is 7.82 Å². The van der Waals surface area contributed by atoms with Crippen molar-refractivity contribution in [2.45, 2.75) is 31.1 Å². The van der Waals surface area contributed by atoms with Crippen LogP contribution in [0, 0.1) is 11.6 Å². The molecule has 0 bridgehead atoms. The Bertz CT molecular complexity index is 1110. The van der Waals surface area contributed by atoms with Crippen LogP contribution < -0.4 is 5.32 Å². The Labute approximate surface area is 184 Å². The van der Waals surface area contributed by atoms with E-state index >= 15 is 0 Å². The van der Waals surface area contributed by atoms with Crippen molar-refractivity contribution in [3.8, 4) is 0 Å². The lowest BCUT2D eigenvalue weighted by Crippen LogP contribution is -2.34. The lowest BCUT2D eigenvalue weighted by Gasteiger charge is -2.14. The molecule has 0 aliphatic carbocycles. The number of phosphoric acid groups is 1. The van der Waals surface area contributed by atoms with Gasteiger partial charge in [0.1, 0.15) is 41.8 Å². The summed E-state index contributed by atoms with van der Waals surface area (Å²) in [4.78, 5) is 31.5. The van der Waals surface area contributed by atoms with Crippen LogP contribution in [0.1, 0.15) is 5.56 Å². The number of rotatable bonds is 6. The third-order valence-electron chi connectivity index (χ3n) is 4.46. The second-order valence-corrected chi connectivity index (χ2v) is 7.95. The van der Waals surface area contributed by atoms with Gasteiger partial charge in [-0.15, -0.1) is 0 Å². The van der Waals surface area contributed by atoms with E-state index in [1.807, 2.05) is 0 Å². The highest BCUT2D eigenvalue weighted by molar-refractivity contribution is 7.46. The molecular weight excluding hydrogens is 471 g/mol. The van der Waals surface area contributed by atoms with Gasteiger partial charge in [0.25, 0.3) is 0 Å². The first-order valence-electron chi connectivity index (χ1n) is 9.27. The zero-order valence-corrected chi connectivity index (χ0v) is 17.5. The molecule has 0 saturated carbocycles. The van der Waals surface area contributed by atoms with E-state index in [-0.39, 0.29) is 12.1 Å². The Balaban J connectivity index is 0.000000196. The smallest absolute Gasteiger partial charge is 0.387 e. The SMILES string of the molecule is Fc1cccc(F)c1CNc1ncnc2nc[nH]c12.O=P(O)(O)OC[C@H]1OC(O)[C@H](O)[C@@H]1O. The quantitative estimate of drug-likeness (QED) is 0.224. The van der Waals surface area contributed by atoms with Crippen LogP contribution in [0.4, 0.5) is 14.6 Å². The normalized spacial score (nSPS) is 22.8. The molecular formula is C17H20F2N5O8P. The number of hydrogen-bond acceptors (Lipinski definition) is 10. The topological polar surface area (TPSA) is 203 Å². The van der Waals surface area contributed by atoms with Crippen LogP contribution in [-0.2, 0) is 20.4 Å². The molecule has 180 valence electrons. The number of ether oxygens (including phenoxy) is 1. The van der Waals surface area contributed by atoms with Crippen molar-refractivity contribution in [2.24, 2.45) is 0 Å². The van der Waals surface area contributed by atoms with Gasteiger partial charge in [0.15, 0.2) is 17.8 Å². The number of nitrogens with zero attached hydrogens (tertiary/aromatic N) is 3. The van der Waals surface area contributed by atoms with E-state index in [1.165, 1.54) is 30.9 Å². The lowest BCUT2D eigenvalue weighted by atomic mass is 10.1. The van der Waals surface area contributed by atoms with Gasteiger partial charge in [-0.25, -0.2) is 28.3 Å². The van der Waals surface area contributed by atoms with Gasteiger partial charge in [-0.2, -0.15) is 0 Å². The van der Waals surface area contributed by atoms with Gasteiger partial charge >= 0.3 is 7.82 Å². The largest absolute Gasteiger partial charge is 0.469 e. The van der Waals surface area contributed by atoms with E-state index < -0.39 is 50.7 Å². The summed E-state index contributed by atoms with van der Waals surface area (Å²) in [6.07, 6.45) is -2.85. The monoisotopic (exact) mass is 491 g/mol. The standard InChI is InChI=1S/C12H9F2N5.C5H11O8P/c13-8-2-1-3-9(14)7(8)4-15-11-10-12(17-5-16-10)19-6-18-11;6-3-2(1-12-14(9,10)11)13-5(8)4(3)7/h1-3,5-6H,4H2,(H2,15,16,17,18,19);2-8H,1H2,(H2,9,10,11)/t;2-,3-,4-,5?/m.1/s1. The Morgan fingerprint density at radius 2 is 1.82 bits per heavy atom. The third-order valence-corrected chi connectivity index (χ3v) is 4.95. The summed E-state index contributed by atoms with van der Waals surface area (Å²) >= 11 is 0. The molecule has 3 aromatic rings. The van der Waals surface area contributed by atoms with Crippen LogP contribution in [0.5, 0.6) is 0 Å². The van der Waals surface area contributed by atoms with Crippen molar-refractivity contribution in [1.29, 1.82) is 0 Å². The van der Waals surface area contributed by atoms with Gasteiger partial charge in [-0.1, -0.05) is 6.07 Å². The predicted molar refractivity (Wildman–Crippen MR) is 106 cm³/mol. The summed E-state index contributed by atoms with van der Waals surface area (Å²) in [6.45, 7) is -0.622. The van der Waals surface area contributed by atoms with Gasteiger partial charge in [0.2, 0.25) is 0 Å². The van der Waals surface area contributed by atoms with E-state index in [9.17, 15) is 13.3 Å². The van der Waals surface area contributed by atoms with E-state index in [2.05, 4.69) is 34.5 Å². The molecule has 1 unspecified atom stereocenters. The lowest BCUT2D eigenvalue weighted by molar-refractivity contribution is -0.132. The van der Waals surface area contributed by atoms with Gasteiger partial charge in [0, 0.05) is 12.1 Å². The molecule has 0 amide bonds. The maximum atomic E-state index is 13.5. The number of phosphoric ester groups is 1. The first kappa shape index (κ1) is 25.0. The molecule has 1 saturated heterocycles. The van der Waals surface area contributed by atoms with Crippen molar-refractivity contribution in [3.05, 3.63) is 48.1 Å². The molecule has 16 heteroatoms. The Hall–Kier alpha value is -2.62. The van der Waals surface area contributed by atoms with E-state index in [0.29, 0.717) is 17.0 Å². The molecule has 0 spiro atoms. The highest BCUT2D eigenvalue weighted by atomic mass is 31.2. The fraction of sp³-hybridized carbons (Fsp3) is 0.353. The molecule has 4 rings (SSSR count). The molecule has 1 fully saturated rings. The minimum Gasteiger partial charge on any atom is -0.387 e. The van der Waals surface area contributed by atoms with Crippen molar-refractivity contribution in [1.82, 2.24) is 19.9 Å². The fourth-order valence-corrected chi connectivity index (χ4v) is 3.15. The number of imidazole rings is 1. The fourth-order valence-electron chi connectivity index (χ4n) is 2.81. The number of benzene rings is 1. The molecule has 13 nitrogen and oxygen atoms in total. The molecule has 0 radical (unpaired) electrons. The zero-order chi connectivity index (χ0) is 24.2. The molecule has 2 aromatic heterocycles. The third kappa shape index (κ3) is 6.46. The van der Waals surface area contributed by atoms with Crippen LogP contribution in [0.15, 0.2) is 30.9 Å². The molecule has 7 N–H and O–H groups in total. The number of aliphatic hydroxyl groups excluding tert-OH is 3. The Morgan fingerprint density at radius 1 is 1.12 bits per heavy atom. The van der Waals surface area contributed by atoms with Gasteiger partial charge < -0.3 is 40.1 Å². The van der Waals surface area contributed by atoms with Gasteiger partial charge in [-0.05, 0) is 12.1 Å². The Kier molecular flexibility index (Phi) is 7.99. The predicted octanol–water partition coefficient (Wildman–Crippen LogP) is -0.222. The highest BCUT2D eigenvalue weighted by Crippen LogP contribution is 2.37.